The molecule has 0 radical (unpaired) electrons. The Morgan fingerprint density at radius 3 is 2.67 bits per heavy atom. The molecule has 0 aromatic carbocycles. The van der Waals surface area contributed by atoms with Gasteiger partial charge in [-0.25, -0.2) is 9.97 Å². The zero-order chi connectivity index (χ0) is 10.5. The fourth-order valence-electron chi connectivity index (χ4n) is 1.67. The van der Waals surface area contributed by atoms with Gasteiger partial charge in [0.2, 0.25) is 11.9 Å². The Hall–Kier alpha value is -1.49. The molecule has 0 saturated carbocycles. The van der Waals surface area contributed by atoms with E-state index in [0.717, 1.165) is 13.1 Å². The van der Waals surface area contributed by atoms with Gasteiger partial charge in [0.15, 0.2) is 0 Å². The number of nitrogens with zero attached hydrogens (tertiary/aromatic N) is 3. The maximum absolute atomic E-state index is 11.5. The van der Waals surface area contributed by atoms with Gasteiger partial charge in [-0.2, -0.15) is 0 Å². The predicted molar refractivity (Wildman–Crippen MR) is 56.3 cm³/mol. The van der Waals surface area contributed by atoms with Crippen molar-refractivity contribution in [3.8, 4) is 0 Å². The summed E-state index contributed by atoms with van der Waals surface area (Å²) in [6.07, 6.45) is 5.60. The Morgan fingerprint density at radius 1 is 1.33 bits per heavy atom. The molecule has 15 heavy (non-hydrogen) atoms. The Labute approximate surface area is 88.5 Å². The smallest absolute Gasteiger partial charge is 0.240 e. The summed E-state index contributed by atoms with van der Waals surface area (Å²) in [5.74, 6) is 0.338. The largest absolute Gasteiger partial charge is 0.295 e. The lowest BCUT2D eigenvalue weighted by Crippen LogP contribution is -2.31. The van der Waals surface area contributed by atoms with Crippen LogP contribution in [0, 0.1) is 0 Å². The Balaban J connectivity index is 1.82. The van der Waals surface area contributed by atoms with Gasteiger partial charge in [0.25, 0.3) is 0 Å². The van der Waals surface area contributed by atoms with Crippen LogP contribution in [0.3, 0.4) is 0 Å². The third-order valence-corrected chi connectivity index (χ3v) is 2.38. The molecule has 80 valence electrons. The highest BCUT2D eigenvalue weighted by Gasteiger charge is 2.15. The van der Waals surface area contributed by atoms with E-state index in [-0.39, 0.29) is 5.91 Å². The van der Waals surface area contributed by atoms with Crippen molar-refractivity contribution in [3.05, 3.63) is 18.5 Å². The van der Waals surface area contributed by atoms with Crippen LogP contribution in [0.25, 0.3) is 0 Å². The summed E-state index contributed by atoms with van der Waals surface area (Å²) in [6.45, 7) is 2.48. The van der Waals surface area contributed by atoms with Crippen LogP contribution in [0.1, 0.15) is 12.8 Å². The van der Waals surface area contributed by atoms with Gasteiger partial charge >= 0.3 is 0 Å². The van der Waals surface area contributed by atoms with Gasteiger partial charge in [0, 0.05) is 12.4 Å². The fraction of sp³-hybridized carbons (Fsp3) is 0.500. The highest BCUT2D eigenvalue weighted by molar-refractivity contribution is 5.90. The predicted octanol–water partition coefficient (Wildman–Crippen LogP) is 0.511. The molecule has 1 aliphatic rings. The molecule has 1 fully saturated rings. The Bertz CT molecular complexity index is 321. The van der Waals surface area contributed by atoms with Crippen molar-refractivity contribution in [1.29, 1.82) is 0 Å². The molecule has 0 bridgehead atoms. The van der Waals surface area contributed by atoms with Crippen molar-refractivity contribution >= 4 is 11.9 Å². The molecule has 1 aliphatic heterocycles. The van der Waals surface area contributed by atoms with Gasteiger partial charge in [-0.05, 0) is 32.0 Å². The first kappa shape index (κ1) is 10.0. The highest BCUT2D eigenvalue weighted by Crippen LogP contribution is 2.06. The number of hydrogen-bond donors (Lipinski definition) is 1. The van der Waals surface area contributed by atoms with Gasteiger partial charge in [0.1, 0.15) is 0 Å². The van der Waals surface area contributed by atoms with Gasteiger partial charge in [-0.15, -0.1) is 0 Å². The van der Waals surface area contributed by atoms with Crippen LogP contribution in [-0.2, 0) is 4.79 Å². The van der Waals surface area contributed by atoms with Crippen LogP contribution in [0.2, 0.25) is 0 Å². The molecular weight excluding hydrogens is 192 g/mol. The van der Waals surface area contributed by atoms with Crippen LogP contribution >= 0.6 is 0 Å². The standard InChI is InChI=1S/C10H14N4O/c15-9(8-14-6-1-2-7-14)13-10-11-4-3-5-12-10/h3-5H,1-2,6-8H2,(H,11,12,13,15). The summed E-state index contributed by atoms with van der Waals surface area (Å²) in [5, 5.41) is 2.67. The molecule has 5 heteroatoms. The van der Waals surface area contributed by atoms with Gasteiger partial charge in [-0.1, -0.05) is 0 Å². The number of likely N-dealkylation sites (tertiary alicyclic amines) is 1. The van der Waals surface area contributed by atoms with Crippen LogP contribution in [0.4, 0.5) is 5.95 Å². The van der Waals surface area contributed by atoms with Crippen LogP contribution in [0.5, 0.6) is 0 Å². The maximum Gasteiger partial charge on any atom is 0.240 e. The average Bonchev–Trinajstić information content (AvgIpc) is 2.71. The summed E-state index contributed by atoms with van der Waals surface area (Å²) in [5.41, 5.74) is 0. The number of aromatic nitrogens is 2. The van der Waals surface area contributed by atoms with Crippen molar-refractivity contribution in [3.63, 3.8) is 0 Å². The second-order valence-corrected chi connectivity index (χ2v) is 3.60. The number of carbonyl (C=O) groups excluding carboxylic acids is 1. The summed E-state index contributed by atoms with van der Waals surface area (Å²) in [6, 6.07) is 1.72. The SMILES string of the molecule is O=C(CN1CCCC1)Nc1ncccn1. The number of rotatable bonds is 3. The monoisotopic (exact) mass is 206 g/mol. The highest BCUT2D eigenvalue weighted by atomic mass is 16.2. The van der Waals surface area contributed by atoms with Crippen molar-refractivity contribution in [1.82, 2.24) is 14.9 Å². The van der Waals surface area contributed by atoms with E-state index in [9.17, 15) is 4.79 Å². The van der Waals surface area contributed by atoms with Crippen molar-refractivity contribution < 1.29 is 4.79 Å². The molecule has 0 spiro atoms. The summed E-state index contributed by atoms with van der Waals surface area (Å²) >= 11 is 0. The van der Waals surface area contributed by atoms with E-state index in [2.05, 4.69) is 20.2 Å². The van der Waals surface area contributed by atoms with E-state index in [0.29, 0.717) is 12.5 Å². The fourth-order valence-corrected chi connectivity index (χ4v) is 1.67. The van der Waals surface area contributed by atoms with E-state index >= 15 is 0 Å². The molecule has 2 rings (SSSR count). The van der Waals surface area contributed by atoms with Crippen molar-refractivity contribution in [2.75, 3.05) is 25.0 Å². The number of anilines is 1. The minimum absolute atomic E-state index is 0.0388. The van der Waals surface area contributed by atoms with E-state index in [4.69, 9.17) is 0 Å². The first-order valence-electron chi connectivity index (χ1n) is 5.14. The molecule has 2 heterocycles. The van der Waals surface area contributed by atoms with Gasteiger partial charge in [-0.3, -0.25) is 15.0 Å². The number of hydrogen-bond acceptors (Lipinski definition) is 4. The molecule has 0 aliphatic carbocycles. The third-order valence-electron chi connectivity index (χ3n) is 2.38. The van der Waals surface area contributed by atoms with E-state index < -0.39 is 0 Å². The lowest BCUT2D eigenvalue weighted by molar-refractivity contribution is -0.117. The van der Waals surface area contributed by atoms with E-state index in [1.54, 1.807) is 18.5 Å². The quantitative estimate of drug-likeness (QED) is 0.783. The summed E-state index contributed by atoms with van der Waals surface area (Å²) in [4.78, 5) is 21.5. The van der Waals surface area contributed by atoms with Gasteiger partial charge < -0.3 is 0 Å². The third kappa shape index (κ3) is 2.99. The molecule has 1 N–H and O–H groups in total. The Morgan fingerprint density at radius 2 is 2.00 bits per heavy atom. The topological polar surface area (TPSA) is 58.1 Å². The van der Waals surface area contributed by atoms with Crippen LogP contribution in [-0.4, -0.2) is 40.4 Å². The normalized spacial score (nSPS) is 16.5. The Kier molecular flexibility index (Phi) is 3.24. The molecule has 1 amide bonds. The second-order valence-electron chi connectivity index (χ2n) is 3.60. The number of amides is 1. The molecule has 0 unspecified atom stereocenters. The van der Waals surface area contributed by atoms with E-state index in [1.807, 2.05) is 0 Å². The van der Waals surface area contributed by atoms with Crippen LogP contribution < -0.4 is 5.32 Å². The van der Waals surface area contributed by atoms with E-state index in [1.165, 1.54) is 12.8 Å². The molecule has 1 saturated heterocycles. The first-order valence-corrected chi connectivity index (χ1v) is 5.14. The molecule has 5 nitrogen and oxygen atoms in total. The molecule has 0 atom stereocenters. The second kappa shape index (κ2) is 4.84. The number of carbonyl (C=O) groups is 1. The lowest BCUT2D eigenvalue weighted by atomic mass is 10.4. The maximum atomic E-state index is 11.5. The summed E-state index contributed by atoms with van der Waals surface area (Å²) in [7, 11) is 0. The molecular formula is C10H14N4O. The van der Waals surface area contributed by atoms with Crippen molar-refractivity contribution in [2.45, 2.75) is 12.8 Å². The number of nitrogens with one attached hydrogen (secondary N) is 1. The molecule has 1 aromatic heterocycles. The zero-order valence-corrected chi connectivity index (χ0v) is 8.52. The van der Waals surface area contributed by atoms with Gasteiger partial charge in [0.05, 0.1) is 6.54 Å². The lowest BCUT2D eigenvalue weighted by Gasteiger charge is -2.13. The average molecular weight is 206 g/mol. The molecule has 1 aromatic rings. The first-order chi connectivity index (χ1) is 7.34. The summed E-state index contributed by atoms with van der Waals surface area (Å²) < 4.78 is 0. The zero-order valence-electron chi connectivity index (χ0n) is 8.52. The minimum Gasteiger partial charge on any atom is -0.295 e. The minimum atomic E-state index is -0.0388. The van der Waals surface area contributed by atoms with Crippen LogP contribution in [0.15, 0.2) is 18.5 Å². The van der Waals surface area contributed by atoms with Crippen molar-refractivity contribution in [2.24, 2.45) is 0 Å².